The van der Waals surface area contributed by atoms with Gasteiger partial charge >= 0.3 is 6.61 Å². The van der Waals surface area contributed by atoms with Gasteiger partial charge in [-0.2, -0.15) is 13.9 Å². The van der Waals surface area contributed by atoms with Gasteiger partial charge in [0, 0.05) is 10.9 Å². The Morgan fingerprint density at radius 2 is 1.72 bits per heavy atom. The van der Waals surface area contributed by atoms with Gasteiger partial charge in [-0.25, -0.2) is 0 Å². The molecule has 1 heterocycles. The number of ether oxygens (including phenoxy) is 3. The molecule has 0 atom stereocenters. The molecule has 0 aliphatic heterocycles. The second kappa shape index (κ2) is 10.6. The van der Waals surface area contributed by atoms with Gasteiger partial charge in [-0.3, -0.25) is 9.89 Å². The first-order chi connectivity index (χ1) is 17.2. The minimum Gasteiger partial charge on any atom is -0.489 e. The van der Waals surface area contributed by atoms with Gasteiger partial charge in [-0.05, 0) is 47.4 Å². The Bertz CT molecular complexity index is 1330. The Kier molecular flexibility index (Phi) is 7.38. The van der Waals surface area contributed by atoms with Crippen molar-refractivity contribution in [2.45, 2.75) is 39.4 Å². The molecular formula is C27H27F2N3O4. The lowest BCUT2D eigenvalue weighted by Gasteiger charge is -2.19. The Hall–Kier alpha value is -4.14. The topological polar surface area (TPSA) is 85.5 Å². The predicted octanol–water partition coefficient (Wildman–Crippen LogP) is 6.06. The number of rotatable bonds is 9. The molecule has 2 N–H and O–H groups in total. The van der Waals surface area contributed by atoms with Crippen LogP contribution in [0.3, 0.4) is 0 Å². The van der Waals surface area contributed by atoms with E-state index < -0.39 is 6.61 Å². The molecule has 7 nitrogen and oxygen atoms in total. The fourth-order valence-electron chi connectivity index (χ4n) is 3.54. The summed E-state index contributed by atoms with van der Waals surface area (Å²) in [6.07, 6.45) is 0. The lowest BCUT2D eigenvalue weighted by atomic mass is 9.87. The number of benzene rings is 3. The van der Waals surface area contributed by atoms with Crippen LogP contribution in [0.1, 0.15) is 31.9 Å². The first-order valence-corrected chi connectivity index (χ1v) is 11.4. The van der Waals surface area contributed by atoms with E-state index in [2.05, 4.69) is 41.0 Å². The molecule has 0 radical (unpaired) electrons. The lowest BCUT2D eigenvalue weighted by molar-refractivity contribution is -0.118. The molecule has 0 aliphatic rings. The van der Waals surface area contributed by atoms with E-state index in [4.69, 9.17) is 9.47 Å². The van der Waals surface area contributed by atoms with Crippen LogP contribution in [0.25, 0.3) is 10.9 Å². The number of nitrogens with zero attached hydrogens (tertiary/aromatic N) is 1. The quantitative estimate of drug-likeness (QED) is 0.295. The van der Waals surface area contributed by atoms with Crippen LogP contribution in [0, 0.1) is 0 Å². The van der Waals surface area contributed by atoms with E-state index in [1.165, 1.54) is 11.6 Å². The predicted molar refractivity (Wildman–Crippen MR) is 133 cm³/mol. The van der Waals surface area contributed by atoms with Gasteiger partial charge in [0.2, 0.25) is 0 Å². The summed E-state index contributed by atoms with van der Waals surface area (Å²) in [7, 11) is 0. The molecule has 0 saturated carbocycles. The molecule has 1 aromatic heterocycles. The zero-order chi connectivity index (χ0) is 25.7. The second-order valence-corrected chi connectivity index (χ2v) is 9.17. The molecule has 4 aromatic rings. The van der Waals surface area contributed by atoms with Crippen LogP contribution in [-0.4, -0.2) is 29.3 Å². The number of hydrogen-bond acceptors (Lipinski definition) is 5. The number of H-pyrrole nitrogens is 1. The number of hydrogen-bond donors (Lipinski definition) is 2. The average Bonchev–Trinajstić information content (AvgIpc) is 3.23. The summed E-state index contributed by atoms with van der Waals surface area (Å²) in [5, 5.41) is 10.4. The number of aromatic nitrogens is 2. The Morgan fingerprint density at radius 1 is 1.00 bits per heavy atom. The van der Waals surface area contributed by atoms with Crippen LogP contribution in [0.2, 0.25) is 0 Å². The third-order valence-electron chi connectivity index (χ3n) is 5.47. The molecular weight excluding hydrogens is 468 g/mol. The van der Waals surface area contributed by atoms with Gasteiger partial charge in [0.05, 0.1) is 5.52 Å². The molecule has 4 rings (SSSR count). The second-order valence-electron chi connectivity index (χ2n) is 9.17. The van der Waals surface area contributed by atoms with Gasteiger partial charge < -0.3 is 19.5 Å². The van der Waals surface area contributed by atoms with Crippen LogP contribution in [0.15, 0.2) is 66.7 Å². The number of para-hydroxylation sites is 1. The van der Waals surface area contributed by atoms with Crippen molar-refractivity contribution in [3.63, 3.8) is 0 Å². The number of fused-ring (bicyclic) bond motifs is 1. The summed E-state index contributed by atoms with van der Waals surface area (Å²) in [6, 6.07) is 19.2. The molecule has 0 aliphatic carbocycles. The fourth-order valence-corrected chi connectivity index (χ4v) is 3.54. The van der Waals surface area contributed by atoms with Crippen LogP contribution >= 0.6 is 0 Å². The molecule has 0 unspecified atom stereocenters. The third kappa shape index (κ3) is 6.29. The largest absolute Gasteiger partial charge is 0.489 e. The first-order valence-electron chi connectivity index (χ1n) is 11.4. The van der Waals surface area contributed by atoms with Gasteiger partial charge in [0.1, 0.15) is 23.9 Å². The maximum absolute atomic E-state index is 12.6. The van der Waals surface area contributed by atoms with Gasteiger partial charge in [-0.15, -0.1) is 0 Å². The van der Waals surface area contributed by atoms with Crippen molar-refractivity contribution in [3.8, 4) is 17.2 Å². The van der Waals surface area contributed by atoms with E-state index in [9.17, 15) is 13.6 Å². The minimum absolute atomic E-state index is 0.0236. The standard InChI is InChI=1S/C27H27F2N3O4/c1-27(2,3)18-8-10-19(11-9-18)35-16-24(33)30-25-21-14-20(12-13-22(21)31-32-25)34-15-17-6-4-5-7-23(17)36-26(28)29/h4-14,26H,15-16H2,1-3H3,(H2,30,31,32,33). The average molecular weight is 496 g/mol. The summed E-state index contributed by atoms with van der Waals surface area (Å²) in [6.45, 7) is 3.30. The van der Waals surface area contributed by atoms with Crippen molar-refractivity contribution in [1.82, 2.24) is 10.2 Å². The molecule has 0 saturated heterocycles. The van der Waals surface area contributed by atoms with Crippen molar-refractivity contribution in [3.05, 3.63) is 77.9 Å². The normalized spacial score (nSPS) is 11.5. The van der Waals surface area contributed by atoms with Crippen molar-refractivity contribution < 1.29 is 27.8 Å². The summed E-state index contributed by atoms with van der Waals surface area (Å²) >= 11 is 0. The molecule has 3 aromatic carbocycles. The Balaban J connectivity index is 1.38. The van der Waals surface area contributed by atoms with E-state index in [0.717, 1.165) is 0 Å². The number of halogens is 2. The van der Waals surface area contributed by atoms with Crippen LogP contribution in [-0.2, 0) is 16.8 Å². The van der Waals surface area contributed by atoms with Crippen molar-refractivity contribution >= 4 is 22.6 Å². The number of amides is 1. The molecule has 36 heavy (non-hydrogen) atoms. The number of alkyl halides is 2. The zero-order valence-electron chi connectivity index (χ0n) is 20.2. The van der Waals surface area contributed by atoms with Gasteiger partial charge in [0.15, 0.2) is 12.4 Å². The Labute approximate surface area is 207 Å². The maximum Gasteiger partial charge on any atom is 0.387 e. The Morgan fingerprint density at radius 3 is 2.44 bits per heavy atom. The summed E-state index contributed by atoms with van der Waals surface area (Å²) < 4.78 is 41.2. The van der Waals surface area contributed by atoms with E-state index in [0.29, 0.717) is 33.8 Å². The molecule has 0 bridgehead atoms. The highest BCUT2D eigenvalue weighted by Gasteiger charge is 2.15. The zero-order valence-corrected chi connectivity index (χ0v) is 20.2. The fraction of sp³-hybridized carbons (Fsp3) is 0.259. The highest BCUT2D eigenvalue weighted by Crippen LogP contribution is 2.28. The van der Waals surface area contributed by atoms with E-state index in [-0.39, 0.29) is 30.3 Å². The van der Waals surface area contributed by atoms with Crippen molar-refractivity contribution in [1.29, 1.82) is 0 Å². The van der Waals surface area contributed by atoms with Crippen LogP contribution < -0.4 is 19.5 Å². The monoisotopic (exact) mass is 495 g/mol. The number of anilines is 1. The molecule has 1 amide bonds. The first kappa shape index (κ1) is 25.0. The minimum atomic E-state index is -2.92. The van der Waals surface area contributed by atoms with E-state index >= 15 is 0 Å². The van der Waals surface area contributed by atoms with Crippen LogP contribution in [0.5, 0.6) is 17.2 Å². The molecule has 188 valence electrons. The van der Waals surface area contributed by atoms with Gasteiger partial charge in [0.25, 0.3) is 5.91 Å². The lowest BCUT2D eigenvalue weighted by Crippen LogP contribution is -2.20. The summed E-state index contributed by atoms with van der Waals surface area (Å²) in [4.78, 5) is 12.5. The highest BCUT2D eigenvalue weighted by atomic mass is 19.3. The summed E-state index contributed by atoms with van der Waals surface area (Å²) in [5.41, 5.74) is 2.37. The SMILES string of the molecule is CC(C)(C)c1ccc(OCC(=O)Nc2n[nH]c3ccc(OCc4ccccc4OC(F)F)cc23)cc1. The van der Waals surface area contributed by atoms with E-state index in [1.54, 1.807) is 36.4 Å². The number of carbonyl (C=O) groups excluding carboxylic acids is 1. The van der Waals surface area contributed by atoms with Crippen LogP contribution in [0.4, 0.5) is 14.6 Å². The number of aromatic amines is 1. The van der Waals surface area contributed by atoms with E-state index in [1.807, 2.05) is 24.3 Å². The van der Waals surface area contributed by atoms with Crippen molar-refractivity contribution in [2.75, 3.05) is 11.9 Å². The number of nitrogens with one attached hydrogen (secondary N) is 2. The maximum atomic E-state index is 12.6. The van der Waals surface area contributed by atoms with Gasteiger partial charge in [-0.1, -0.05) is 51.1 Å². The summed E-state index contributed by atoms with van der Waals surface area (Å²) in [5.74, 6) is 1.08. The van der Waals surface area contributed by atoms with Crippen molar-refractivity contribution in [2.24, 2.45) is 0 Å². The molecule has 0 spiro atoms. The highest BCUT2D eigenvalue weighted by molar-refractivity contribution is 6.00. The number of carbonyl (C=O) groups is 1. The molecule has 0 fully saturated rings. The smallest absolute Gasteiger partial charge is 0.387 e. The third-order valence-corrected chi connectivity index (χ3v) is 5.47. The molecule has 9 heteroatoms.